The van der Waals surface area contributed by atoms with Crippen molar-refractivity contribution in [3.05, 3.63) is 75.8 Å². The maximum Gasteiger partial charge on any atom is 0.339 e. The van der Waals surface area contributed by atoms with Crippen molar-refractivity contribution in [2.45, 2.75) is 18.9 Å². The third-order valence-corrected chi connectivity index (χ3v) is 5.17. The van der Waals surface area contributed by atoms with Crippen LogP contribution in [0.25, 0.3) is 6.08 Å². The van der Waals surface area contributed by atoms with Gasteiger partial charge in [0.1, 0.15) is 6.61 Å². The van der Waals surface area contributed by atoms with Crippen LogP contribution in [0.3, 0.4) is 0 Å². The number of allylic oxidation sites excluding steroid dienone is 2. The number of cyclic esters (lactones) is 2. The van der Waals surface area contributed by atoms with Gasteiger partial charge in [0, 0.05) is 16.7 Å². The maximum atomic E-state index is 12.5. The normalized spacial score (nSPS) is 23.3. The molecule has 25 heavy (non-hydrogen) atoms. The van der Waals surface area contributed by atoms with Gasteiger partial charge < -0.3 is 13.9 Å². The van der Waals surface area contributed by atoms with Gasteiger partial charge in [-0.05, 0) is 35.7 Å². The van der Waals surface area contributed by atoms with E-state index >= 15 is 0 Å². The summed E-state index contributed by atoms with van der Waals surface area (Å²) in [6.45, 7) is 2.29. The van der Waals surface area contributed by atoms with Crippen LogP contribution in [0, 0.1) is 6.92 Å². The fourth-order valence-corrected chi connectivity index (χ4v) is 3.94. The van der Waals surface area contributed by atoms with E-state index in [9.17, 15) is 9.59 Å². The lowest BCUT2D eigenvalue weighted by Crippen LogP contribution is -2.08. The topological polar surface area (TPSA) is 65.7 Å². The number of benzene rings is 1. The largest absolute Gasteiger partial charge is 0.472 e. The van der Waals surface area contributed by atoms with E-state index in [-0.39, 0.29) is 17.9 Å². The highest BCUT2D eigenvalue weighted by Crippen LogP contribution is 2.44. The number of hydrogen-bond acceptors (Lipinski definition) is 5. The number of esters is 2. The fourth-order valence-electron chi connectivity index (χ4n) is 3.94. The quantitative estimate of drug-likeness (QED) is 0.748. The molecule has 0 amide bonds. The summed E-state index contributed by atoms with van der Waals surface area (Å²) >= 11 is 0. The molecule has 2 aliphatic heterocycles. The molecule has 1 aliphatic carbocycles. The van der Waals surface area contributed by atoms with Crippen molar-refractivity contribution in [2.24, 2.45) is 0 Å². The minimum absolute atomic E-state index is 0.151. The summed E-state index contributed by atoms with van der Waals surface area (Å²) in [6.07, 6.45) is 8.35. The predicted molar refractivity (Wildman–Crippen MR) is 88.0 cm³/mol. The van der Waals surface area contributed by atoms with E-state index in [1.54, 1.807) is 24.7 Å². The zero-order valence-corrected chi connectivity index (χ0v) is 13.4. The fraction of sp³-hybridized carbons (Fsp3) is 0.200. The lowest BCUT2D eigenvalue weighted by Gasteiger charge is -2.18. The van der Waals surface area contributed by atoms with Crippen LogP contribution in [0.5, 0.6) is 0 Å². The van der Waals surface area contributed by atoms with E-state index in [1.807, 2.05) is 25.1 Å². The van der Waals surface area contributed by atoms with E-state index in [0.29, 0.717) is 17.7 Å². The SMILES string of the molecule is Cc1c2c(cc3c1C(c1ccoc1)OC3=O)C1COC(=O)C1=CC=C2. The zero-order chi connectivity index (χ0) is 17.1. The van der Waals surface area contributed by atoms with E-state index in [4.69, 9.17) is 13.9 Å². The summed E-state index contributed by atoms with van der Waals surface area (Å²) < 4.78 is 16.0. The first kappa shape index (κ1) is 14.3. The molecular formula is C20H14O5. The Morgan fingerprint density at radius 3 is 2.88 bits per heavy atom. The first-order valence-corrected chi connectivity index (χ1v) is 8.11. The second-order valence-corrected chi connectivity index (χ2v) is 6.44. The highest BCUT2D eigenvalue weighted by molar-refractivity contribution is 5.98. The molecule has 0 bridgehead atoms. The third kappa shape index (κ3) is 1.89. The minimum atomic E-state index is -0.461. The molecule has 5 nitrogen and oxygen atoms in total. The standard InChI is InChI=1S/C20H14O5/c1-10-12-3-2-4-13-16(9-24-19(13)21)14(12)7-15-17(10)18(25-20(15)22)11-5-6-23-8-11/h2-8,16,18H,9H2,1H3. The van der Waals surface area contributed by atoms with Crippen LogP contribution in [0.2, 0.25) is 0 Å². The first-order chi connectivity index (χ1) is 12.1. The number of fused-ring (bicyclic) bond motifs is 4. The molecule has 1 saturated heterocycles. The van der Waals surface area contributed by atoms with Crippen LogP contribution in [0.15, 0.2) is 46.8 Å². The molecule has 0 N–H and O–H groups in total. The van der Waals surface area contributed by atoms with E-state index in [1.165, 1.54) is 0 Å². The smallest absolute Gasteiger partial charge is 0.339 e. The molecule has 2 unspecified atom stereocenters. The summed E-state index contributed by atoms with van der Waals surface area (Å²) in [5, 5.41) is 0. The maximum absolute atomic E-state index is 12.5. The lowest BCUT2D eigenvalue weighted by molar-refractivity contribution is -0.135. The molecule has 2 atom stereocenters. The summed E-state index contributed by atoms with van der Waals surface area (Å²) in [6, 6.07) is 3.66. The molecule has 3 aliphatic rings. The second-order valence-electron chi connectivity index (χ2n) is 6.44. The van der Waals surface area contributed by atoms with Gasteiger partial charge in [-0.2, -0.15) is 0 Å². The Balaban J connectivity index is 1.73. The third-order valence-electron chi connectivity index (χ3n) is 5.17. The Morgan fingerprint density at radius 1 is 1.20 bits per heavy atom. The van der Waals surface area contributed by atoms with Gasteiger partial charge in [0.05, 0.1) is 24.0 Å². The Labute approximate surface area is 143 Å². The summed E-state index contributed by atoms with van der Waals surface area (Å²) in [7, 11) is 0. The molecule has 1 aromatic heterocycles. The van der Waals surface area contributed by atoms with Crippen molar-refractivity contribution in [2.75, 3.05) is 6.61 Å². The molecule has 124 valence electrons. The van der Waals surface area contributed by atoms with Crippen LogP contribution >= 0.6 is 0 Å². The minimum Gasteiger partial charge on any atom is -0.472 e. The highest BCUT2D eigenvalue weighted by Gasteiger charge is 2.39. The van der Waals surface area contributed by atoms with E-state index < -0.39 is 6.10 Å². The summed E-state index contributed by atoms with van der Waals surface area (Å²) in [4.78, 5) is 24.4. The van der Waals surface area contributed by atoms with Gasteiger partial charge in [0.15, 0.2) is 6.10 Å². The number of ether oxygens (including phenoxy) is 2. The van der Waals surface area contributed by atoms with E-state index in [0.717, 1.165) is 27.8 Å². The number of carbonyl (C=O) groups is 2. The van der Waals surface area contributed by atoms with Crippen LogP contribution in [-0.4, -0.2) is 18.5 Å². The van der Waals surface area contributed by atoms with Crippen molar-refractivity contribution in [3.63, 3.8) is 0 Å². The number of hydrogen-bond donors (Lipinski definition) is 0. The summed E-state index contributed by atoms with van der Waals surface area (Å²) in [5.41, 5.74) is 5.79. The van der Waals surface area contributed by atoms with Crippen molar-refractivity contribution in [1.82, 2.24) is 0 Å². The highest BCUT2D eigenvalue weighted by atomic mass is 16.6. The van der Waals surface area contributed by atoms with Crippen molar-refractivity contribution >= 4 is 18.0 Å². The lowest BCUT2D eigenvalue weighted by atomic mass is 9.84. The number of furan rings is 1. The number of carbonyl (C=O) groups excluding carboxylic acids is 2. The van der Waals surface area contributed by atoms with Crippen LogP contribution in [0.1, 0.15) is 50.2 Å². The predicted octanol–water partition coefficient (Wildman–Crippen LogP) is 3.44. The second kappa shape index (κ2) is 4.96. The van der Waals surface area contributed by atoms with E-state index in [2.05, 4.69) is 0 Å². The van der Waals surface area contributed by atoms with Crippen LogP contribution in [0.4, 0.5) is 0 Å². The molecule has 0 saturated carbocycles. The Hall–Kier alpha value is -3.08. The monoisotopic (exact) mass is 334 g/mol. The number of rotatable bonds is 1. The van der Waals surface area contributed by atoms with Crippen LogP contribution < -0.4 is 0 Å². The van der Waals surface area contributed by atoms with Gasteiger partial charge in [-0.15, -0.1) is 0 Å². The van der Waals surface area contributed by atoms with Crippen molar-refractivity contribution in [3.8, 4) is 0 Å². The Kier molecular flexibility index (Phi) is 2.83. The van der Waals surface area contributed by atoms with Gasteiger partial charge in [-0.25, -0.2) is 9.59 Å². The zero-order valence-electron chi connectivity index (χ0n) is 13.4. The summed E-state index contributed by atoms with van der Waals surface area (Å²) in [5.74, 6) is -0.794. The average molecular weight is 334 g/mol. The molecule has 1 fully saturated rings. The van der Waals surface area contributed by atoms with Crippen molar-refractivity contribution < 1.29 is 23.5 Å². The van der Waals surface area contributed by atoms with Gasteiger partial charge >= 0.3 is 11.9 Å². The van der Waals surface area contributed by atoms with Crippen LogP contribution in [-0.2, 0) is 14.3 Å². The molecule has 3 heterocycles. The molecule has 2 aromatic rings. The first-order valence-electron chi connectivity index (χ1n) is 8.11. The van der Waals surface area contributed by atoms with Gasteiger partial charge in [0.2, 0.25) is 0 Å². The Bertz CT molecular complexity index is 978. The molecule has 0 spiro atoms. The van der Waals surface area contributed by atoms with Gasteiger partial charge in [-0.3, -0.25) is 0 Å². The molecule has 5 heteroatoms. The molecular weight excluding hydrogens is 320 g/mol. The van der Waals surface area contributed by atoms with Gasteiger partial charge in [0.25, 0.3) is 0 Å². The molecule has 0 radical (unpaired) electrons. The van der Waals surface area contributed by atoms with Crippen molar-refractivity contribution in [1.29, 1.82) is 0 Å². The molecule has 5 rings (SSSR count). The average Bonchev–Trinajstić information content (AvgIpc) is 3.28. The molecule has 1 aromatic carbocycles. The van der Waals surface area contributed by atoms with Gasteiger partial charge in [-0.1, -0.05) is 18.2 Å². The Morgan fingerprint density at radius 2 is 2.08 bits per heavy atom.